The monoisotopic (exact) mass is 463 g/mol. The molecule has 4 rings (SSSR count). The van der Waals surface area contributed by atoms with Crippen LogP contribution in [0.1, 0.15) is 18.5 Å². The van der Waals surface area contributed by atoms with Crippen molar-refractivity contribution >= 4 is 46.5 Å². The Bertz CT molecular complexity index is 1370. The molecule has 3 aromatic rings. The summed E-state index contributed by atoms with van der Waals surface area (Å²) in [5.74, 6) is -1.92. The number of ether oxygens (including phenoxy) is 2. The number of carboxylic acid groups (broad SMARTS) is 1. The fourth-order valence-electron chi connectivity index (χ4n) is 3.74. The number of benzene rings is 2. The number of rotatable bonds is 6. The third kappa shape index (κ3) is 3.85. The Hall–Kier alpha value is -4.60. The van der Waals surface area contributed by atoms with E-state index in [1.807, 2.05) is 0 Å². The summed E-state index contributed by atoms with van der Waals surface area (Å²) in [6.07, 6.45) is 3.04. The first kappa shape index (κ1) is 22.6. The molecule has 34 heavy (non-hydrogen) atoms. The van der Waals surface area contributed by atoms with Gasteiger partial charge in [-0.15, -0.1) is 0 Å². The van der Waals surface area contributed by atoms with Crippen molar-refractivity contribution in [1.82, 2.24) is 9.88 Å². The van der Waals surface area contributed by atoms with Gasteiger partial charge in [0.2, 0.25) is 0 Å². The number of hydrogen-bond donors (Lipinski definition) is 2. The van der Waals surface area contributed by atoms with Gasteiger partial charge in [-0.1, -0.05) is 6.07 Å². The van der Waals surface area contributed by atoms with Gasteiger partial charge < -0.3 is 19.1 Å². The molecule has 10 nitrogen and oxygen atoms in total. The molecule has 2 N–H and O–H groups in total. The average molecular weight is 463 g/mol. The minimum atomic E-state index is -0.966. The van der Waals surface area contributed by atoms with E-state index < -0.39 is 29.9 Å². The maximum atomic E-state index is 13.2. The zero-order valence-electron chi connectivity index (χ0n) is 18.6. The summed E-state index contributed by atoms with van der Waals surface area (Å²) in [7, 11) is 2.86. The number of urea groups is 1. The molecule has 0 spiro atoms. The molecule has 2 heterocycles. The summed E-state index contributed by atoms with van der Waals surface area (Å²) in [4.78, 5) is 50.4. The number of nitrogens with zero attached hydrogens (tertiary/aromatic N) is 2. The maximum Gasteiger partial charge on any atom is 0.336 e. The molecule has 1 atom stereocenters. The fourth-order valence-corrected chi connectivity index (χ4v) is 3.74. The highest BCUT2D eigenvalue weighted by molar-refractivity contribution is 6.39. The summed E-state index contributed by atoms with van der Waals surface area (Å²) < 4.78 is 12.1. The molecule has 0 bridgehead atoms. The van der Waals surface area contributed by atoms with Crippen LogP contribution in [0.5, 0.6) is 11.5 Å². The van der Waals surface area contributed by atoms with Crippen molar-refractivity contribution < 1.29 is 33.8 Å². The minimum Gasteiger partial charge on any atom is -0.497 e. The lowest BCUT2D eigenvalue weighted by atomic mass is 10.1. The number of amides is 4. The van der Waals surface area contributed by atoms with Crippen LogP contribution >= 0.6 is 0 Å². The van der Waals surface area contributed by atoms with E-state index in [0.717, 1.165) is 10.3 Å². The molecule has 2 aromatic carbocycles. The van der Waals surface area contributed by atoms with E-state index in [9.17, 15) is 24.3 Å². The number of carbonyl (C=O) groups excluding carboxylic acids is 3. The molecular formula is C24H21N3O7. The Kier molecular flexibility index (Phi) is 5.80. The van der Waals surface area contributed by atoms with E-state index in [1.165, 1.54) is 32.4 Å². The normalized spacial score (nSPS) is 16.0. The molecule has 0 aliphatic carbocycles. The predicted molar refractivity (Wildman–Crippen MR) is 123 cm³/mol. The first-order valence-electron chi connectivity index (χ1n) is 10.2. The zero-order chi connectivity index (χ0) is 24.6. The van der Waals surface area contributed by atoms with Gasteiger partial charge in [0.15, 0.2) is 0 Å². The molecule has 10 heteroatoms. The summed E-state index contributed by atoms with van der Waals surface area (Å²) in [6, 6.07) is 9.76. The van der Waals surface area contributed by atoms with E-state index in [-0.39, 0.29) is 17.0 Å². The number of imide groups is 2. The SMILES string of the molecule is COc1ccc(N2C(=O)NC(=O)/C(=C\c3ccc4c(ccn4C(C)C(=O)O)c3)C2=O)c(OC)c1. The molecule has 1 unspecified atom stereocenters. The van der Waals surface area contributed by atoms with Crippen molar-refractivity contribution in [3.8, 4) is 11.5 Å². The van der Waals surface area contributed by atoms with Gasteiger partial charge in [-0.05, 0) is 48.9 Å². The van der Waals surface area contributed by atoms with E-state index in [0.29, 0.717) is 16.8 Å². The lowest BCUT2D eigenvalue weighted by molar-refractivity contribution is -0.140. The van der Waals surface area contributed by atoms with Crippen LogP contribution in [0.3, 0.4) is 0 Å². The Labute approximate surface area is 194 Å². The third-order valence-electron chi connectivity index (χ3n) is 5.56. The molecule has 0 saturated carbocycles. The molecule has 174 valence electrons. The number of anilines is 1. The summed E-state index contributed by atoms with van der Waals surface area (Å²) in [6.45, 7) is 1.57. The first-order valence-corrected chi connectivity index (χ1v) is 10.2. The fraction of sp³-hybridized carbons (Fsp3) is 0.167. The molecule has 1 fully saturated rings. The van der Waals surface area contributed by atoms with Crippen LogP contribution < -0.4 is 19.7 Å². The summed E-state index contributed by atoms with van der Waals surface area (Å²) >= 11 is 0. The largest absolute Gasteiger partial charge is 0.497 e. The second kappa shape index (κ2) is 8.74. The number of fused-ring (bicyclic) bond motifs is 1. The molecule has 4 amide bonds. The molecule has 0 radical (unpaired) electrons. The van der Waals surface area contributed by atoms with Crippen LogP contribution in [-0.4, -0.2) is 47.7 Å². The van der Waals surface area contributed by atoms with Gasteiger partial charge in [-0.3, -0.25) is 14.9 Å². The first-order chi connectivity index (χ1) is 16.2. The maximum absolute atomic E-state index is 13.2. The topological polar surface area (TPSA) is 127 Å². The van der Waals surface area contributed by atoms with Crippen LogP contribution in [-0.2, 0) is 14.4 Å². The van der Waals surface area contributed by atoms with Gasteiger partial charge in [-0.25, -0.2) is 14.5 Å². The Balaban J connectivity index is 1.73. The van der Waals surface area contributed by atoms with Gasteiger partial charge in [0, 0.05) is 23.2 Å². The highest BCUT2D eigenvalue weighted by Gasteiger charge is 2.38. The number of hydrogen-bond acceptors (Lipinski definition) is 6. The smallest absolute Gasteiger partial charge is 0.336 e. The van der Waals surface area contributed by atoms with Crippen molar-refractivity contribution in [2.75, 3.05) is 19.1 Å². The quantitative estimate of drug-likeness (QED) is 0.425. The van der Waals surface area contributed by atoms with Crippen molar-refractivity contribution in [3.63, 3.8) is 0 Å². The molecule has 1 aromatic heterocycles. The summed E-state index contributed by atoms with van der Waals surface area (Å²) in [5, 5.41) is 12.2. The number of barbiturate groups is 1. The molecule has 1 aliphatic heterocycles. The zero-order valence-corrected chi connectivity index (χ0v) is 18.6. The van der Waals surface area contributed by atoms with E-state index in [1.54, 1.807) is 48.0 Å². The van der Waals surface area contributed by atoms with E-state index in [4.69, 9.17) is 9.47 Å². The van der Waals surface area contributed by atoms with Gasteiger partial charge in [-0.2, -0.15) is 0 Å². The molecule has 1 aliphatic rings. The lowest BCUT2D eigenvalue weighted by Gasteiger charge is -2.27. The summed E-state index contributed by atoms with van der Waals surface area (Å²) in [5.41, 5.74) is 1.13. The molecular weight excluding hydrogens is 442 g/mol. The lowest BCUT2D eigenvalue weighted by Crippen LogP contribution is -2.54. The predicted octanol–water partition coefficient (Wildman–Crippen LogP) is 2.97. The average Bonchev–Trinajstić information content (AvgIpc) is 3.24. The van der Waals surface area contributed by atoms with E-state index >= 15 is 0 Å². The van der Waals surface area contributed by atoms with Crippen LogP contribution in [0, 0.1) is 0 Å². The third-order valence-corrected chi connectivity index (χ3v) is 5.56. The number of carboxylic acids is 1. The van der Waals surface area contributed by atoms with Crippen LogP contribution in [0.4, 0.5) is 10.5 Å². The van der Waals surface area contributed by atoms with Gasteiger partial charge in [0.25, 0.3) is 11.8 Å². The number of aliphatic carboxylic acids is 1. The number of carbonyl (C=O) groups is 4. The van der Waals surface area contributed by atoms with Gasteiger partial charge in [0.05, 0.1) is 19.9 Å². The van der Waals surface area contributed by atoms with Crippen LogP contribution in [0.15, 0.2) is 54.2 Å². The standard InChI is InChI=1S/C24H21N3O7/c1-13(23(30)31)26-9-8-15-10-14(4-6-18(15)26)11-17-21(28)25-24(32)27(22(17)29)19-7-5-16(33-2)12-20(19)34-3/h4-13H,1-3H3,(H,30,31)(H,25,28,32)/b17-11+. The Morgan fingerprint density at radius 1 is 1.06 bits per heavy atom. The minimum absolute atomic E-state index is 0.152. The van der Waals surface area contributed by atoms with Gasteiger partial charge in [0.1, 0.15) is 23.1 Å². The number of methoxy groups -OCH3 is 2. The van der Waals surface area contributed by atoms with Crippen molar-refractivity contribution in [1.29, 1.82) is 0 Å². The van der Waals surface area contributed by atoms with E-state index in [2.05, 4.69) is 5.32 Å². The molecule has 1 saturated heterocycles. The second-order valence-corrected chi connectivity index (χ2v) is 7.55. The van der Waals surface area contributed by atoms with Crippen molar-refractivity contribution in [3.05, 3.63) is 59.8 Å². The van der Waals surface area contributed by atoms with Crippen molar-refractivity contribution in [2.24, 2.45) is 0 Å². The number of nitrogens with one attached hydrogen (secondary N) is 1. The van der Waals surface area contributed by atoms with Crippen LogP contribution in [0.2, 0.25) is 0 Å². The van der Waals surface area contributed by atoms with Gasteiger partial charge >= 0.3 is 12.0 Å². The Morgan fingerprint density at radius 3 is 2.50 bits per heavy atom. The second-order valence-electron chi connectivity index (χ2n) is 7.55. The van der Waals surface area contributed by atoms with Crippen LogP contribution in [0.25, 0.3) is 17.0 Å². The highest BCUT2D eigenvalue weighted by Crippen LogP contribution is 2.34. The number of aromatic nitrogens is 1. The highest BCUT2D eigenvalue weighted by atomic mass is 16.5. The Morgan fingerprint density at radius 2 is 1.82 bits per heavy atom. The van der Waals surface area contributed by atoms with Crippen molar-refractivity contribution in [2.45, 2.75) is 13.0 Å².